The smallest absolute Gasteiger partial charge is 0.300 e. The molecule has 1 aromatic carbocycles. The molecule has 0 radical (unpaired) electrons. The minimum Gasteiger partial charge on any atom is -0.300 e. The summed E-state index contributed by atoms with van der Waals surface area (Å²) < 4.78 is 55.4. The molecule has 3 rings (SSSR count). The van der Waals surface area contributed by atoms with Crippen LogP contribution < -0.4 is 4.72 Å². The summed E-state index contributed by atoms with van der Waals surface area (Å²) in [5.74, 6) is 0. The predicted octanol–water partition coefficient (Wildman–Crippen LogP) is 4.86. The van der Waals surface area contributed by atoms with E-state index in [1.807, 2.05) is 31.2 Å². The largest absolute Gasteiger partial charge is 0.433 e. The highest BCUT2D eigenvalue weighted by Gasteiger charge is 2.35. The molecule has 2 aromatic heterocycles. The van der Waals surface area contributed by atoms with Crippen LogP contribution in [0.5, 0.6) is 0 Å². The molecule has 1 atom stereocenters. The summed E-state index contributed by atoms with van der Waals surface area (Å²) in [5, 5.41) is 3.91. The summed E-state index contributed by atoms with van der Waals surface area (Å²) in [6, 6.07) is 11.9. The molecule has 1 N–H and O–H groups in total. The summed E-state index contributed by atoms with van der Waals surface area (Å²) in [5.41, 5.74) is 1.24. The maximum absolute atomic E-state index is 12.9. The molecule has 0 spiro atoms. The van der Waals surface area contributed by atoms with Crippen LogP contribution >= 0.6 is 11.3 Å². The Hall–Kier alpha value is -2.13. The van der Waals surface area contributed by atoms with Crippen LogP contribution in [-0.2, 0) is 30.6 Å². The highest BCUT2D eigenvalue weighted by atomic mass is 32.2. The zero-order valence-corrected chi connectivity index (χ0v) is 15.6. The summed E-state index contributed by atoms with van der Waals surface area (Å²) in [6.45, 7) is 2.03. The van der Waals surface area contributed by atoms with Gasteiger partial charge in [0.25, 0.3) is 0 Å². The zero-order valence-electron chi connectivity index (χ0n) is 14.0. The molecular weight excluding hydrogens is 383 g/mol. The van der Waals surface area contributed by atoms with Crippen LogP contribution in [0.25, 0.3) is 10.6 Å². The fourth-order valence-electron chi connectivity index (χ4n) is 2.42. The number of hydrogen-bond acceptors (Lipinski definition) is 3. The van der Waals surface area contributed by atoms with E-state index in [1.54, 1.807) is 12.1 Å². The Morgan fingerprint density at radius 1 is 1.23 bits per heavy atom. The number of halogens is 3. The van der Waals surface area contributed by atoms with E-state index in [1.165, 1.54) is 7.05 Å². The van der Waals surface area contributed by atoms with Crippen molar-refractivity contribution in [2.45, 2.75) is 23.7 Å². The van der Waals surface area contributed by atoms with Crippen LogP contribution in [0, 0.1) is 0 Å². The second-order valence-electron chi connectivity index (χ2n) is 5.58. The van der Waals surface area contributed by atoms with E-state index in [-0.39, 0.29) is 5.69 Å². The minimum absolute atomic E-state index is 0.209. The van der Waals surface area contributed by atoms with E-state index >= 15 is 0 Å². The molecule has 1 unspecified atom stereocenters. The van der Waals surface area contributed by atoms with E-state index in [0.29, 0.717) is 9.09 Å². The Balaban J connectivity index is 1.80. The lowest BCUT2D eigenvalue weighted by atomic mass is 10.1. The first-order chi connectivity index (χ1) is 12.3. The highest BCUT2D eigenvalue weighted by Crippen LogP contribution is 2.35. The van der Waals surface area contributed by atoms with Crippen LogP contribution in [0.15, 0.2) is 46.7 Å². The quantitative estimate of drug-likeness (QED) is 0.666. The lowest BCUT2D eigenvalue weighted by Crippen LogP contribution is -2.11. The molecule has 4 nitrogen and oxygen atoms in total. The molecule has 0 aliphatic rings. The van der Waals surface area contributed by atoms with Gasteiger partial charge in [-0.2, -0.15) is 18.3 Å². The molecule has 0 bridgehead atoms. The normalized spacial score (nSPS) is 13.0. The molecule has 9 heteroatoms. The first-order valence-electron chi connectivity index (χ1n) is 7.76. The lowest BCUT2D eigenvalue weighted by Gasteiger charge is -2.05. The Kier molecular flexibility index (Phi) is 5.19. The van der Waals surface area contributed by atoms with Gasteiger partial charge < -0.3 is 4.72 Å². The standard InChI is InChI=1S/C17H16F3N3OS2/c1-3-11-5-4-6-12(9-11)22-26(24)16-8-7-14(25-16)13-10-15(17(18,19)20)23(2)21-13/h4-10,22H,3H2,1-2H3. The molecule has 2 heterocycles. The Labute approximate surface area is 155 Å². The Bertz CT molecular complexity index is 947. The number of aryl methyl sites for hydroxylation is 2. The second-order valence-corrected chi connectivity index (χ2v) is 8.10. The van der Waals surface area contributed by atoms with Gasteiger partial charge >= 0.3 is 6.18 Å². The first kappa shape index (κ1) is 18.7. The van der Waals surface area contributed by atoms with E-state index in [4.69, 9.17) is 0 Å². The molecule has 0 fully saturated rings. The van der Waals surface area contributed by atoms with E-state index in [0.717, 1.165) is 39.8 Å². The van der Waals surface area contributed by atoms with Gasteiger partial charge in [-0.25, -0.2) is 4.21 Å². The van der Waals surface area contributed by atoms with Gasteiger partial charge in [-0.1, -0.05) is 19.1 Å². The van der Waals surface area contributed by atoms with Gasteiger partial charge in [0.1, 0.15) is 15.6 Å². The molecule has 138 valence electrons. The monoisotopic (exact) mass is 399 g/mol. The van der Waals surface area contributed by atoms with Crippen molar-refractivity contribution in [2.75, 3.05) is 4.72 Å². The maximum atomic E-state index is 12.9. The summed E-state index contributed by atoms with van der Waals surface area (Å²) in [7, 11) is -0.250. The average molecular weight is 399 g/mol. The Morgan fingerprint density at radius 2 is 2.00 bits per heavy atom. The molecule has 26 heavy (non-hydrogen) atoms. The lowest BCUT2D eigenvalue weighted by molar-refractivity contribution is -0.143. The number of nitrogens with zero attached hydrogens (tertiary/aromatic N) is 2. The van der Waals surface area contributed by atoms with Gasteiger partial charge in [0.2, 0.25) is 0 Å². The molecule has 0 saturated heterocycles. The van der Waals surface area contributed by atoms with Gasteiger partial charge in [0, 0.05) is 12.7 Å². The number of hydrogen-bond donors (Lipinski definition) is 1. The summed E-state index contributed by atoms with van der Waals surface area (Å²) in [6.07, 6.45) is -3.60. The van der Waals surface area contributed by atoms with Gasteiger partial charge in [-0.15, -0.1) is 11.3 Å². The summed E-state index contributed by atoms with van der Waals surface area (Å²) >= 11 is 1.15. The van der Waals surface area contributed by atoms with Gasteiger partial charge in [0.05, 0.1) is 4.88 Å². The number of benzene rings is 1. The number of aromatic nitrogens is 2. The van der Waals surface area contributed by atoms with Crippen LogP contribution in [0.3, 0.4) is 0 Å². The topological polar surface area (TPSA) is 46.9 Å². The van der Waals surface area contributed by atoms with Crippen LogP contribution in [0.2, 0.25) is 0 Å². The average Bonchev–Trinajstić information content (AvgIpc) is 3.21. The highest BCUT2D eigenvalue weighted by molar-refractivity contribution is 7.88. The minimum atomic E-state index is -4.46. The number of alkyl halides is 3. The zero-order chi connectivity index (χ0) is 18.9. The molecule has 0 amide bonds. The molecule has 0 saturated carbocycles. The van der Waals surface area contributed by atoms with Crippen LogP contribution in [0.4, 0.5) is 18.9 Å². The number of anilines is 1. The van der Waals surface area contributed by atoms with Crippen molar-refractivity contribution >= 4 is 28.0 Å². The summed E-state index contributed by atoms with van der Waals surface area (Å²) in [4.78, 5) is 0.531. The van der Waals surface area contributed by atoms with Crippen molar-refractivity contribution in [1.29, 1.82) is 0 Å². The SMILES string of the molecule is CCc1cccc(NS(=O)c2ccc(-c3cc(C(F)(F)F)n(C)n3)s2)c1. The van der Waals surface area contributed by atoms with Crippen LogP contribution in [-0.4, -0.2) is 14.0 Å². The predicted molar refractivity (Wildman–Crippen MR) is 97.4 cm³/mol. The van der Waals surface area contributed by atoms with Gasteiger partial charge in [0.15, 0.2) is 11.0 Å². The third-order valence-electron chi connectivity index (χ3n) is 3.73. The molecule has 0 aliphatic heterocycles. The van der Waals surface area contributed by atoms with Gasteiger partial charge in [-0.05, 0) is 42.3 Å². The Morgan fingerprint density at radius 3 is 2.65 bits per heavy atom. The van der Waals surface area contributed by atoms with E-state index < -0.39 is 22.9 Å². The van der Waals surface area contributed by atoms with Crippen molar-refractivity contribution in [3.05, 3.63) is 53.7 Å². The van der Waals surface area contributed by atoms with Crippen molar-refractivity contribution in [3.8, 4) is 10.6 Å². The fraction of sp³-hybridized carbons (Fsp3) is 0.235. The van der Waals surface area contributed by atoms with Crippen LogP contribution in [0.1, 0.15) is 18.2 Å². The van der Waals surface area contributed by atoms with Crippen molar-refractivity contribution in [2.24, 2.45) is 7.05 Å². The molecule has 3 aromatic rings. The van der Waals surface area contributed by atoms with Crippen molar-refractivity contribution in [1.82, 2.24) is 9.78 Å². The van der Waals surface area contributed by atoms with E-state index in [9.17, 15) is 17.4 Å². The third-order valence-corrected chi connectivity index (χ3v) is 6.26. The number of nitrogens with one attached hydrogen (secondary N) is 1. The third kappa shape index (κ3) is 3.99. The maximum Gasteiger partial charge on any atom is 0.433 e. The van der Waals surface area contributed by atoms with Gasteiger partial charge in [-0.3, -0.25) is 4.68 Å². The second kappa shape index (κ2) is 7.24. The molecular formula is C17H16F3N3OS2. The van der Waals surface area contributed by atoms with Crippen molar-refractivity contribution in [3.63, 3.8) is 0 Å². The number of rotatable bonds is 5. The van der Waals surface area contributed by atoms with Crippen molar-refractivity contribution < 1.29 is 17.4 Å². The molecule has 0 aliphatic carbocycles. The van der Waals surface area contributed by atoms with E-state index in [2.05, 4.69) is 9.82 Å². The fourth-order valence-corrected chi connectivity index (χ4v) is 4.45. The number of thiophene rings is 1. The first-order valence-corrected chi connectivity index (χ1v) is 9.73.